The van der Waals surface area contributed by atoms with Crippen LogP contribution in [0.15, 0.2) is 0 Å². The van der Waals surface area contributed by atoms with Crippen molar-refractivity contribution in [1.29, 1.82) is 0 Å². The molecule has 2 aliphatic heterocycles. The van der Waals surface area contributed by atoms with Crippen molar-refractivity contribution < 1.29 is 28.9 Å². The first-order valence-corrected chi connectivity index (χ1v) is 11.0. The molecule has 1 amide bonds. The Kier molecular flexibility index (Phi) is 6.49. The Morgan fingerprint density at radius 1 is 1.10 bits per heavy atom. The van der Waals surface area contributed by atoms with Crippen LogP contribution in [-0.2, 0) is 19.0 Å². The van der Waals surface area contributed by atoms with Gasteiger partial charge in [0.1, 0.15) is 17.4 Å². The van der Waals surface area contributed by atoms with Gasteiger partial charge in [0, 0.05) is 6.61 Å². The summed E-state index contributed by atoms with van der Waals surface area (Å²) in [5.74, 6) is -0.965. The molecule has 0 radical (unpaired) electrons. The van der Waals surface area contributed by atoms with E-state index in [-0.39, 0.29) is 6.04 Å². The molecule has 1 N–H and O–H groups in total. The molecule has 1 aliphatic carbocycles. The number of amides is 1. The van der Waals surface area contributed by atoms with Crippen molar-refractivity contribution in [2.24, 2.45) is 11.8 Å². The fourth-order valence-corrected chi connectivity index (χ4v) is 5.17. The molecule has 0 aromatic carbocycles. The zero-order valence-electron chi connectivity index (χ0n) is 18.5. The summed E-state index contributed by atoms with van der Waals surface area (Å²) in [4.78, 5) is 26.7. The number of carboxylic acids is 1. The van der Waals surface area contributed by atoms with E-state index >= 15 is 0 Å². The molecule has 3 rings (SSSR count). The molecular formula is C22H37NO6. The van der Waals surface area contributed by atoms with Gasteiger partial charge >= 0.3 is 12.1 Å². The molecule has 0 aromatic heterocycles. The Hall–Kier alpha value is -1.34. The predicted octanol–water partition coefficient (Wildman–Crippen LogP) is 4.19. The van der Waals surface area contributed by atoms with Gasteiger partial charge in [0.05, 0.1) is 18.1 Å². The third-order valence-electron chi connectivity index (χ3n) is 6.38. The maximum atomic E-state index is 13.2. The number of ether oxygens (including phenoxy) is 3. The minimum absolute atomic E-state index is 0.257. The van der Waals surface area contributed by atoms with Crippen LogP contribution >= 0.6 is 0 Å². The zero-order chi connectivity index (χ0) is 21.4. The number of carboxylic acid groups (broad SMARTS) is 1. The summed E-state index contributed by atoms with van der Waals surface area (Å²) < 4.78 is 17.9. The molecule has 4 atom stereocenters. The maximum absolute atomic E-state index is 13.2. The van der Waals surface area contributed by atoms with Crippen molar-refractivity contribution in [2.75, 3.05) is 6.61 Å². The van der Waals surface area contributed by atoms with E-state index in [0.717, 1.165) is 19.3 Å². The van der Waals surface area contributed by atoms with Crippen LogP contribution in [0.3, 0.4) is 0 Å². The van der Waals surface area contributed by atoms with Crippen molar-refractivity contribution in [3.05, 3.63) is 0 Å². The molecule has 7 heteroatoms. The third kappa shape index (κ3) is 5.05. The minimum atomic E-state index is -0.888. The number of hydrogen-bond donors (Lipinski definition) is 1. The summed E-state index contributed by atoms with van der Waals surface area (Å²) >= 11 is 0. The second-order valence-electron chi connectivity index (χ2n) is 10.3. The smallest absolute Gasteiger partial charge is 0.412 e. The van der Waals surface area contributed by atoms with E-state index in [0.29, 0.717) is 18.9 Å². The van der Waals surface area contributed by atoms with Crippen molar-refractivity contribution in [2.45, 2.75) is 109 Å². The van der Waals surface area contributed by atoms with Gasteiger partial charge in [-0.25, -0.2) is 4.79 Å². The molecule has 2 heterocycles. The summed E-state index contributed by atoms with van der Waals surface area (Å²) in [6, 6.07) is -0.257. The zero-order valence-corrected chi connectivity index (χ0v) is 18.5. The van der Waals surface area contributed by atoms with Crippen molar-refractivity contribution >= 4 is 12.1 Å². The monoisotopic (exact) mass is 411 g/mol. The maximum Gasteiger partial charge on any atom is 0.412 e. The average Bonchev–Trinajstić information content (AvgIpc) is 3.16. The normalized spacial score (nSPS) is 33.1. The third-order valence-corrected chi connectivity index (χ3v) is 6.38. The van der Waals surface area contributed by atoms with Gasteiger partial charge in [-0.1, -0.05) is 32.1 Å². The van der Waals surface area contributed by atoms with Crippen LogP contribution in [0, 0.1) is 11.8 Å². The quantitative estimate of drug-likeness (QED) is 0.747. The highest BCUT2D eigenvalue weighted by Crippen LogP contribution is 2.43. The highest BCUT2D eigenvalue weighted by Gasteiger charge is 2.57. The Labute approximate surface area is 174 Å². The van der Waals surface area contributed by atoms with Crippen molar-refractivity contribution in [1.82, 2.24) is 4.90 Å². The molecule has 0 aromatic rings. The molecule has 0 spiro atoms. The van der Waals surface area contributed by atoms with Crippen LogP contribution in [0.4, 0.5) is 4.79 Å². The van der Waals surface area contributed by atoms with E-state index in [2.05, 4.69) is 0 Å². The topological polar surface area (TPSA) is 85.3 Å². The number of carbonyl (C=O) groups is 2. The summed E-state index contributed by atoms with van der Waals surface area (Å²) in [7, 11) is 0. The molecule has 166 valence electrons. The van der Waals surface area contributed by atoms with E-state index in [4.69, 9.17) is 14.2 Å². The van der Waals surface area contributed by atoms with Gasteiger partial charge in [-0.2, -0.15) is 0 Å². The largest absolute Gasteiger partial charge is 0.481 e. The number of carbonyl (C=O) groups excluding carboxylic acids is 1. The van der Waals surface area contributed by atoms with E-state index in [1.54, 1.807) is 4.90 Å². The average molecular weight is 412 g/mol. The standard InChI is InChI=1S/C22H37NO6/c1-21(2,3)29-20(26)23-16(13-14-9-7-6-8-10-14)18(28-22(23,4)5)17-15(19(24)25)11-12-27-17/h14-18H,6-13H2,1-5H3,(H,24,25)/t15?,16-,17-,18?/m1/s1. The lowest BCUT2D eigenvalue weighted by molar-refractivity contribution is -0.150. The highest BCUT2D eigenvalue weighted by atomic mass is 16.6. The molecule has 29 heavy (non-hydrogen) atoms. The minimum Gasteiger partial charge on any atom is -0.481 e. The molecule has 1 saturated carbocycles. The first kappa shape index (κ1) is 22.3. The van der Waals surface area contributed by atoms with Gasteiger partial charge in [0.2, 0.25) is 0 Å². The molecular weight excluding hydrogens is 374 g/mol. The lowest BCUT2D eigenvalue weighted by Crippen LogP contribution is -2.52. The van der Waals surface area contributed by atoms with Gasteiger partial charge in [-0.05, 0) is 53.4 Å². The van der Waals surface area contributed by atoms with Gasteiger partial charge in [-0.3, -0.25) is 9.69 Å². The predicted molar refractivity (Wildman–Crippen MR) is 107 cm³/mol. The van der Waals surface area contributed by atoms with Crippen LogP contribution < -0.4 is 0 Å². The number of nitrogens with zero attached hydrogens (tertiary/aromatic N) is 1. The highest BCUT2D eigenvalue weighted by molar-refractivity contribution is 5.72. The Morgan fingerprint density at radius 3 is 2.34 bits per heavy atom. The first-order valence-electron chi connectivity index (χ1n) is 11.0. The van der Waals surface area contributed by atoms with E-state index in [9.17, 15) is 14.7 Å². The lowest BCUT2D eigenvalue weighted by atomic mass is 9.81. The number of aliphatic carboxylic acids is 1. The molecule has 3 fully saturated rings. The molecule has 2 saturated heterocycles. The summed E-state index contributed by atoms with van der Waals surface area (Å²) in [6.07, 6.45) is 5.79. The second kappa shape index (κ2) is 8.42. The summed E-state index contributed by atoms with van der Waals surface area (Å²) in [6.45, 7) is 9.67. The van der Waals surface area contributed by atoms with Crippen molar-refractivity contribution in [3.8, 4) is 0 Å². The van der Waals surface area contributed by atoms with Crippen molar-refractivity contribution in [3.63, 3.8) is 0 Å². The summed E-state index contributed by atoms with van der Waals surface area (Å²) in [5, 5.41) is 9.67. The van der Waals surface area contributed by atoms with E-state index in [1.807, 2.05) is 34.6 Å². The van der Waals surface area contributed by atoms with Crippen LogP contribution in [-0.4, -0.2) is 58.3 Å². The van der Waals surface area contributed by atoms with Gasteiger partial charge < -0.3 is 19.3 Å². The molecule has 7 nitrogen and oxygen atoms in total. The fourth-order valence-electron chi connectivity index (χ4n) is 5.17. The van der Waals surface area contributed by atoms with E-state index < -0.39 is 41.5 Å². The van der Waals surface area contributed by atoms with E-state index in [1.165, 1.54) is 19.3 Å². The van der Waals surface area contributed by atoms with Crippen LogP contribution in [0.2, 0.25) is 0 Å². The lowest BCUT2D eigenvalue weighted by Gasteiger charge is -2.37. The second-order valence-corrected chi connectivity index (χ2v) is 10.3. The van der Waals surface area contributed by atoms with Crippen LogP contribution in [0.1, 0.15) is 79.6 Å². The van der Waals surface area contributed by atoms with Gasteiger partial charge in [0.25, 0.3) is 0 Å². The molecule has 3 aliphatic rings. The summed E-state index contributed by atoms with van der Waals surface area (Å²) in [5.41, 5.74) is -1.50. The Balaban J connectivity index is 1.89. The van der Waals surface area contributed by atoms with Gasteiger partial charge in [0.15, 0.2) is 0 Å². The number of hydrogen-bond acceptors (Lipinski definition) is 5. The van der Waals surface area contributed by atoms with Crippen LogP contribution in [0.25, 0.3) is 0 Å². The first-order chi connectivity index (χ1) is 13.5. The van der Waals surface area contributed by atoms with Crippen LogP contribution in [0.5, 0.6) is 0 Å². The SMILES string of the molecule is CC(C)(C)OC(=O)N1[C@H](CC2CCCCC2)C([C@@H]2OCCC2C(=O)O)OC1(C)C. The molecule has 0 bridgehead atoms. The Morgan fingerprint density at radius 2 is 1.76 bits per heavy atom. The number of rotatable bonds is 4. The van der Waals surface area contributed by atoms with Gasteiger partial charge in [-0.15, -0.1) is 0 Å². The molecule has 2 unspecified atom stereocenters. The Bertz CT molecular complexity index is 607. The fraction of sp³-hybridized carbons (Fsp3) is 0.909.